The zero-order chi connectivity index (χ0) is 16.9. The molecule has 1 atom stereocenters. The second kappa shape index (κ2) is 4.91. The standard InChI is InChI=1S/C21H20N2O/c1-20(2)13-21(19(23-20)15-8-4-6-10-17(15)22)12-11-18(24)14-7-3-5-9-16(14)21/h3-12H,13,22H2,1-2H3/p+1. The zero-order valence-corrected chi connectivity index (χ0v) is 14.0. The molecule has 0 fully saturated rings. The normalized spacial score (nSPS) is 24.1. The molecule has 1 unspecified atom stereocenters. The number of aliphatic imine (C=N–C) groups is 1. The monoisotopic (exact) mass is 317 g/mol. The van der Waals surface area contributed by atoms with Gasteiger partial charge in [-0.3, -0.25) is 9.79 Å². The third kappa shape index (κ3) is 2.04. The smallest absolute Gasteiger partial charge is 0.347 e. The van der Waals surface area contributed by atoms with Crippen LogP contribution in [0.1, 0.15) is 37.0 Å². The van der Waals surface area contributed by atoms with Crippen LogP contribution in [0.15, 0.2) is 65.7 Å². The lowest BCUT2D eigenvalue weighted by molar-refractivity contribution is 0.463. The fourth-order valence-corrected chi connectivity index (χ4v) is 4.08. The largest absolute Gasteiger partial charge is 0.398 e. The van der Waals surface area contributed by atoms with Crippen LogP contribution in [0.3, 0.4) is 0 Å². The quantitative estimate of drug-likeness (QED) is 0.633. The maximum Gasteiger partial charge on any atom is 0.347 e. The summed E-state index contributed by atoms with van der Waals surface area (Å²) in [6, 6.07) is 15.9. The molecule has 120 valence electrons. The Bertz CT molecular complexity index is 908. The molecular formula is C21H21N2O+. The highest BCUT2D eigenvalue weighted by molar-refractivity contribution is 6.18. The number of nitrogens with zero attached hydrogens (tertiary/aromatic N) is 1. The van der Waals surface area contributed by atoms with Gasteiger partial charge in [-0.25, -0.2) is 0 Å². The molecule has 4 rings (SSSR count). The highest BCUT2D eigenvalue weighted by atomic mass is 16.1. The van der Waals surface area contributed by atoms with Crippen molar-refractivity contribution in [2.75, 3.05) is 5.73 Å². The Morgan fingerprint density at radius 1 is 1.00 bits per heavy atom. The van der Waals surface area contributed by atoms with Crippen LogP contribution in [0.4, 0.5) is 5.69 Å². The van der Waals surface area contributed by atoms with E-state index in [2.05, 4.69) is 26.0 Å². The third-order valence-corrected chi connectivity index (χ3v) is 4.97. The van der Waals surface area contributed by atoms with E-state index in [1.165, 1.54) is 0 Å². The predicted octanol–water partition coefficient (Wildman–Crippen LogP) is 3.64. The molecule has 3 N–H and O–H groups in total. The molecule has 0 aromatic heterocycles. The molecule has 0 radical (unpaired) electrons. The van der Waals surface area contributed by atoms with Crippen molar-refractivity contribution in [3.05, 3.63) is 77.4 Å². The zero-order valence-electron chi connectivity index (χ0n) is 14.0. The average molecular weight is 317 g/mol. The van der Waals surface area contributed by atoms with Crippen LogP contribution >= 0.6 is 0 Å². The molecule has 0 saturated carbocycles. The number of rotatable bonds is 1. The number of allylic oxidation sites excluding steroid dienone is 2. The number of nitrogen functional groups attached to an aromatic ring is 1. The van der Waals surface area contributed by atoms with E-state index in [-0.39, 0.29) is 11.0 Å². The Morgan fingerprint density at radius 3 is 2.42 bits per heavy atom. The molecule has 2 aromatic rings. The first kappa shape index (κ1) is 14.9. The SMILES string of the molecule is CC1(C)CC2(C=CC(=[OH+])c3ccccc32)C(c2ccccc2N)=N1. The number of carbonyl (C=O) groups excluding carboxylic acids is 1. The van der Waals surface area contributed by atoms with Gasteiger partial charge in [-0.1, -0.05) is 42.5 Å². The molecule has 0 saturated heterocycles. The van der Waals surface area contributed by atoms with E-state index in [1.54, 1.807) is 6.08 Å². The van der Waals surface area contributed by atoms with Gasteiger partial charge in [-0.05, 0) is 38.0 Å². The second-order valence-electron chi connectivity index (χ2n) is 7.27. The van der Waals surface area contributed by atoms with E-state index in [9.17, 15) is 4.79 Å². The number of hydrogen-bond acceptors (Lipinski definition) is 2. The van der Waals surface area contributed by atoms with Crippen molar-refractivity contribution in [3.63, 3.8) is 0 Å². The highest BCUT2D eigenvalue weighted by Crippen LogP contribution is 2.48. The Kier molecular flexibility index (Phi) is 3.04. The molecule has 2 aliphatic rings. The minimum atomic E-state index is -0.359. The Balaban J connectivity index is 2.01. The molecule has 3 heteroatoms. The first-order valence-electron chi connectivity index (χ1n) is 8.23. The topological polar surface area (TPSA) is 59.8 Å². The fraction of sp³-hybridized carbons (Fsp3) is 0.238. The van der Waals surface area contributed by atoms with Gasteiger partial charge in [0.05, 0.1) is 22.2 Å². The Morgan fingerprint density at radius 2 is 1.67 bits per heavy atom. The van der Waals surface area contributed by atoms with E-state index in [0.717, 1.165) is 34.5 Å². The van der Waals surface area contributed by atoms with E-state index in [4.69, 9.17) is 10.7 Å². The Hall–Kier alpha value is -2.68. The first-order chi connectivity index (χ1) is 11.4. The van der Waals surface area contributed by atoms with Gasteiger partial charge >= 0.3 is 5.78 Å². The van der Waals surface area contributed by atoms with Gasteiger partial charge in [0, 0.05) is 17.3 Å². The van der Waals surface area contributed by atoms with Crippen LogP contribution in [0.5, 0.6) is 0 Å². The van der Waals surface area contributed by atoms with E-state index < -0.39 is 0 Å². The van der Waals surface area contributed by atoms with Gasteiger partial charge in [0.2, 0.25) is 0 Å². The highest BCUT2D eigenvalue weighted by Gasteiger charge is 2.50. The van der Waals surface area contributed by atoms with Crippen molar-refractivity contribution < 1.29 is 4.79 Å². The molecule has 0 bridgehead atoms. The van der Waals surface area contributed by atoms with Crippen molar-refractivity contribution in [2.45, 2.75) is 31.2 Å². The number of fused-ring (bicyclic) bond motifs is 2. The van der Waals surface area contributed by atoms with Gasteiger partial charge < -0.3 is 5.73 Å². The number of benzene rings is 2. The minimum absolute atomic E-state index is 0.192. The minimum Gasteiger partial charge on any atom is -0.398 e. The summed E-state index contributed by atoms with van der Waals surface area (Å²) in [6.07, 6.45) is 4.74. The van der Waals surface area contributed by atoms with Gasteiger partial charge in [0.1, 0.15) is 0 Å². The summed E-state index contributed by atoms with van der Waals surface area (Å²) in [4.78, 5) is 15.4. The van der Waals surface area contributed by atoms with Gasteiger partial charge in [0.15, 0.2) is 0 Å². The van der Waals surface area contributed by atoms with Crippen LogP contribution < -0.4 is 5.73 Å². The van der Waals surface area contributed by atoms with Crippen molar-refractivity contribution >= 4 is 17.2 Å². The summed E-state index contributed by atoms with van der Waals surface area (Å²) in [5.41, 5.74) is 10.4. The molecule has 1 aliphatic heterocycles. The second-order valence-corrected chi connectivity index (χ2v) is 7.27. The molecule has 3 nitrogen and oxygen atoms in total. The summed E-state index contributed by atoms with van der Waals surface area (Å²) in [6.45, 7) is 4.30. The molecule has 1 aliphatic carbocycles. The van der Waals surface area contributed by atoms with Gasteiger partial charge in [-0.15, -0.1) is 0 Å². The number of nitrogens with two attached hydrogens (primary N) is 1. The van der Waals surface area contributed by atoms with Crippen LogP contribution in [-0.2, 0) is 5.41 Å². The molecule has 0 amide bonds. The molecule has 1 spiro atoms. The number of para-hydroxylation sites is 1. The van der Waals surface area contributed by atoms with Gasteiger partial charge in [0.25, 0.3) is 0 Å². The van der Waals surface area contributed by atoms with Crippen molar-refractivity contribution in [1.82, 2.24) is 0 Å². The summed E-state index contributed by atoms with van der Waals surface area (Å²) >= 11 is 0. The summed E-state index contributed by atoms with van der Waals surface area (Å²) in [5, 5.41) is 0. The summed E-state index contributed by atoms with van der Waals surface area (Å²) in [7, 11) is 0. The fourth-order valence-electron chi connectivity index (χ4n) is 4.08. The molecule has 24 heavy (non-hydrogen) atoms. The Labute approximate surface area is 141 Å². The summed E-state index contributed by atoms with van der Waals surface area (Å²) < 4.78 is 0. The lowest BCUT2D eigenvalue weighted by Gasteiger charge is -2.33. The van der Waals surface area contributed by atoms with Crippen LogP contribution in [0.2, 0.25) is 0 Å². The van der Waals surface area contributed by atoms with Gasteiger partial charge in [-0.2, -0.15) is 0 Å². The first-order valence-corrected chi connectivity index (χ1v) is 8.23. The van der Waals surface area contributed by atoms with Crippen LogP contribution in [-0.4, -0.2) is 21.8 Å². The maximum atomic E-state index is 10.3. The summed E-state index contributed by atoms with van der Waals surface area (Å²) in [5.74, 6) is 0.307. The van der Waals surface area contributed by atoms with Crippen molar-refractivity contribution in [1.29, 1.82) is 0 Å². The van der Waals surface area contributed by atoms with E-state index in [0.29, 0.717) is 5.78 Å². The number of ketones is 1. The van der Waals surface area contributed by atoms with Crippen molar-refractivity contribution in [3.8, 4) is 0 Å². The lowest BCUT2D eigenvalue weighted by atomic mass is 9.66. The number of anilines is 1. The maximum absolute atomic E-state index is 10.3. The van der Waals surface area contributed by atoms with E-state index >= 15 is 0 Å². The third-order valence-electron chi connectivity index (χ3n) is 4.97. The molecule has 1 heterocycles. The predicted molar refractivity (Wildman–Crippen MR) is 99.4 cm³/mol. The molecular weight excluding hydrogens is 296 g/mol. The lowest BCUT2D eigenvalue weighted by Crippen LogP contribution is -2.37. The van der Waals surface area contributed by atoms with Crippen LogP contribution in [0, 0.1) is 0 Å². The average Bonchev–Trinajstić information content (AvgIpc) is 2.84. The van der Waals surface area contributed by atoms with Crippen LogP contribution in [0.25, 0.3) is 0 Å². The molecule has 2 aromatic carbocycles. The number of hydrogen-bond donors (Lipinski definition) is 1. The van der Waals surface area contributed by atoms with E-state index in [1.807, 2.05) is 42.5 Å². The van der Waals surface area contributed by atoms with Crippen molar-refractivity contribution in [2.24, 2.45) is 4.99 Å².